The zero-order chi connectivity index (χ0) is 17.4. The molecule has 0 bridgehead atoms. The highest BCUT2D eigenvalue weighted by atomic mass is 32.2. The quantitative estimate of drug-likeness (QED) is 0.907. The maximum Gasteiger partial charge on any atom is 0.183 e. The van der Waals surface area contributed by atoms with Gasteiger partial charge in [0.05, 0.1) is 22.8 Å². The molecule has 3 atom stereocenters. The summed E-state index contributed by atoms with van der Waals surface area (Å²) in [7, 11) is -3.69. The number of nitriles is 1. The third-order valence-electron chi connectivity index (χ3n) is 4.88. The minimum absolute atomic E-state index is 0.191. The summed E-state index contributed by atoms with van der Waals surface area (Å²) in [5.41, 5.74) is 0.656. The summed E-state index contributed by atoms with van der Waals surface area (Å²) in [6.07, 6.45) is 0.889. The van der Waals surface area contributed by atoms with Crippen molar-refractivity contribution in [1.82, 2.24) is 0 Å². The van der Waals surface area contributed by atoms with Crippen molar-refractivity contribution in [3.05, 3.63) is 65.7 Å². The van der Waals surface area contributed by atoms with Gasteiger partial charge in [0.15, 0.2) is 9.84 Å². The van der Waals surface area contributed by atoms with Crippen LogP contribution >= 0.6 is 0 Å². The standard InChI is InChI=1S/C19H19NO3S/c1-2-14-8-10-15(11-9-14)17-18(19(17,12-20)13-21)24(22,23)16-6-4-3-5-7-16/h3-11,17-18,21H,2,13H2,1H3. The Kier molecular flexibility index (Phi) is 4.20. The third-order valence-corrected chi connectivity index (χ3v) is 7.17. The molecule has 0 radical (unpaired) electrons. The van der Waals surface area contributed by atoms with E-state index in [4.69, 9.17) is 0 Å². The van der Waals surface area contributed by atoms with Crippen molar-refractivity contribution in [1.29, 1.82) is 5.26 Å². The van der Waals surface area contributed by atoms with E-state index in [0.717, 1.165) is 17.5 Å². The molecule has 3 unspecified atom stereocenters. The molecule has 1 N–H and O–H groups in total. The lowest BCUT2D eigenvalue weighted by molar-refractivity contribution is 0.242. The van der Waals surface area contributed by atoms with Crippen LogP contribution in [0.15, 0.2) is 59.5 Å². The van der Waals surface area contributed by atoms with Gasteiger partial charge >= 0.3 is 0 Å². The highest BCUT2D eigenvalue weighted by Crippen LogP contribution is 2.63. The lowest BCUT2D eigenvalue weighted by Crippen LogP contribution is -2.18. The molecular weight excluding hydrogens is 322 g/mol. The number of aliphatic hydroxyl groups is 1. The SMILES string of the molecule is CCc1ccc(C2C(S(=O)(=O)c3ccccc3)C2(C#N)CO)cc1. The van der Waals surface area contributed by atoms with Crippen molar-refractivity contribution in [2.45, 2.75) is 29.4 Å². The number of hydrogen-bond donors (Lipinski definition) is 1. The van der Waals surface area contributed by atoms with Crippen LogP contribution in [0.5, 0.6) is 0 Å². The number of rotatable bonds is 5. The molecule has 4 nitrogen and oxygen atoms in total. The summed E-state index contributed by atoms with van der Waals surface area (Å²) in [6, 6.07) is 17.8. The molecule has 0 spiro atoms. The number of aryl methyl sites for hydroxylation is 1. The molecule has 3 rings (SSSR count). The highest BCUT2D eigenvalue weighted by Gasteiger charge is 2.72. The molecule has 1 aliphatic rings. The fourth-order valence-corrected chi connectivity index (χ4v) is 5.74. The Morgan fingerprint density at radius 2 is 1.75 bits per heavy atom. The second-order valence-electron chi connectivity index (χ2n) is 6.16. The first-order valence-corrected chi connectivity index (χ1v) is 9.45. The number of nitrogens with zero attached hydrogens (tertiary/aromatic N) is 1. The Labute approximate surface area is 142 Å². The Balaban J connectivity index is 2.04. The summed E-state index contributed by atoms with van der Waals surface area (Å²) in [4.78, 5) is 0.191. The van der Waals surface area contributed by atoms with E-state index in [1.165, 1.54) is 12.1 Å². The molecule has 0 aliphatic heterocycles. The first-order chi connectivity index (χ1) is 11.5. The van der Waals surface area contributed by atoms with E-state index >= 15 is 0 Å². The lowest BCUT2D eigenvalue weighted by Gasteiger charge is -2.05. The average Bonchev–Trinajstić information content (AvgIpc) is 3.33. The minimum atomic E-state index is -3.69. The van der Waals surface area contributed by atoms with E-state index in [-0.39, 0.29) is 4.90 Å². The molecule has 124 valence electrons. The van der Waals surface area contributed by atoms with Crippen molar-refractivity contribution in [3.8, 4) is 6.07 Å². The van der Waals surface area contributed by atoms with Gasteiger partial charge in [0.2, 0.25) is 0 Å². The van der Waals surface area contributed by atoms with Gasteiger partial charge in [-0.25, -0.2) is 8.42 Å². The summed E-state index contributed by atoms with van der Waals surface area (Å²) in [5, 5.41) is 18.5. The van der Waals surface area contributed by atoms with Crippen LogP contribution in [0.2, 0.25) is 0 Å². The second kappa shape index (κ2) is 6.04. The topological polar surface area (TPSA) is 78.2 Å². The van der Waals surface area contributed by atoms with Gasteiger partial charge in [-0.15, -0.1) is 0 Å². The smallest absolute Gasteiger partial charge is 0.183 e. The highest BCUT2D eigenvalue weighted by molar-refractivity contribution is 7.92. The largest absolute Gasteiger partial charge is 0.395 e. The Morgan fingerprint density at radius 1 is 1.12 bits per heavy atom. The van der Waals surface area contributed by atoms with Crippen LogP contribution in [0.4, 0.5) is 0 Å². The molecule has 1 fully saturated rings. The zero-order valence-electron chi connectivity index (χ0n) is 13.4. The lowest BCUT2D eigenvalue weighted by atomic mass is 10.00. The van der Waals surface area contributed by atoms with E-state index in [1.807, 2.05) is 31.2 Å². The van der Waals surface area contributed by atoms with Crippen molar-refractivity contribution in [3.63, 3.8) is 0 Å². The first-order valence-electron chi connectivity index (χ1n) is 7.91. The summed E-state index contributed by atoms with van der Waals surface area (Å²) in [6.45, 7) is 1.57. The molecule has 24 heavy (non-hydrogen) atoms. The van der Waals surface area contributed by atoms with Gasteiger partial charge in [-0.1, -0.05) is 49.4 Å². The molecule has 1 saturated carbocycles. The molecule has 0 amide bonds. The summed E-state index contributed by atoms with van der Waals surface area (Å²) in [5.74, 6) is -0.511. The molecule has 5 heteroatoms. The first kappa shape index (κ1) is 16.7. The predicted octanol–water partition coefficient (Wildman–Crippen LogP) is 2.69. The van der Waals surface area contributed by atoms with Crippen molar-refractivity contribution >= 4 is 9.84 Å². The van der Waals surface area contributed by atoms with Crippen LogP contribution in [-0.4, -0.2) is 25.4 Å². The van der Waals surface area contributed by atoms with E-state index in [9.17, 15) is 18.8 Å². The third kappa shape index (κ3) is 2.43. The van der Waals surface area contributed by atoms with E-state index in [1.54, 1.807) is 18.2 Å². The van der Waals surface area contributed by atoms with Gasteiger partial charge in [0.1, 0.15) is 5.41 Å². The molecule has 2 aromatic rings. The Hall–Kier alpha value is -2.16. The van der Waals surface area contributed by atoms with E-state index in [2.05, 4.69) is 6.07 Å². The van der Waals surface area contributed by atoms with Gasteiger partial charge in [-0.2, -0.15) is 5.26 Å². The summed E-state index contributed by atoms with van der Waals surface area (Å²) < 4.78 is 25.9. The van der Waals surface area contributed by atoms with Crippen LogP contribution in [0.25, 0.3) is 0 Å². The molecule has 0 heterocycles. The van der Waals surface area contributed by atoms with Crippen molar-refractivity contribution < 1.29 is 13.5 Å². The second-order valence-corrected chi connectivity index (χ2v) is 8.23. The number of benzene rings is 2. The van der Waals surface area contributed by atoms with Crippen LogP contribution in [0.3, 0.4) is 0 Å². The normalized spacial score (nSPS) is 25.9. The zero-order valence-corrected chi connectivity index (χ0v) is 14.2. The van der Waals surface area contributed by atoms with Crippen LogP contribution < -0.4 is 0 Å². The minimum Gasteiger partial charge on any atom is -0.395 e. The predicted molar refractivity (Wildman–Crippen MR) is 91.1 cm³/mol. The van der Waals surface area contributed by atoms with Crippen LogP contribution in [0, 0.1) is 16.7 Å². The van der Waals surface area contributed by atoms with Crippen molar-refractivity contribution in [2.75, 3.05) is 6.61 Å². The van der Waals surface area contributed by atoms with Gasteiger partial charge in [0, 0.05) is 5.92 Å². The maximum absolute atomic E-state index is 13.0. The van der Waals surface area contributed by atoms with E-state index in [0.29, 0.717) is 0 Å². The number of sulfone groups is 1. The Morgan fingerprint density at radius 3 is 2.25 bits per heavy atom. The van der Waals surface area contributed by atoms with Gasteiger partial charge < -0.3 is 5.11 Å². The Bertz CT molecular complexity index is 869. The van der Waals surface area contributed by atoms with Crippen molar-refractivity contribution in [2.24, 2.45) is 5.41 Å². The fourth-order valence-electron chi connectivity index (χ4n) is 3.41. The van der Waals surface area contributed by atoms with Crippen LogP contribution in [0.1, 0.15) is 24.0 Å². The maximum atomic E-state index is 13.0. The van der Waals surface area contributed by atoms with Gasteiger partial charge in [-0.3, -0.25) is 0 Å². The van der Waals surface area contributed by atoms with Crippen LogP contribution in [-0.2, 0) is 16.3 Å². The monoisotopic (exact) mass is 341 g/mol. The van der Waals surface area contributed by atoms with Gasteiger partial charge in [-0.05, 0) is 29.7 Å². The van der Waals surface area contributed by atoms with Gasteiger partial charge in [0.25, 0.3) is 0 Å². The fraction of sp³-hybridized carbons (Fsp3) is 0.316. The van der Waals surface area contributed by atoms with E-state index < -0.39 is 33.0 Å². The molecule has 1 aliphatic carbocycles. The molecule has 0 aromatic heterocycles. The number of hydrogen-bond acceptors (Lipinski definition) is 4. The molecule has 2 aromatic carbocycles. The average molecular weight is 341 g/mol. The summed E-state index contributed by atoms with van der Waals surface area (Å²) >= 11 is 0. The molecule has 0 saturated heterocycles. The molecular formula is C19H19NO3S. The number of aliphatic hydroxyl groups excluding tert-OH is 1.